The van der Waals surface area contributed by atoms with Gasteiger partial charge in [-0.1, -0.05) is 63.4 Å². The lowest BCUT2D eigenvalue weighted by molar-refractivity contribution is -0.125. The van der Waals surface area contributed by atoms with Crippen LogP contribution in [0.15, 0.2) is 30.3 Å². The van der Waals surface area contributed by atoms with Crippen molar-refractivity contribution in [2.24, 2.45) is 5.92 Å². The molecule has 0 radical (unpaired) electrons. The number of benzene rings is 1. The molecule has 2 N–H and O–H groups in total. The van der Waals surface area contributed by atoms with Gasteiger partial charge in [-0.2, -0.15) is 0 Å². The van der Waals surface area contributed by atoms with Crippen molar-refractivity contribution >= 4 is 12.2 Å². The minimum atomic E-state index is -0.388. The third-order valence-electron chi connectivity index (χ3n) is 3.99. The number of likely N-dealkylation sites (N-methyl/N-ethyl adjacent to an activating group) is 1. The molecular formula is C19H30N2O2. The summed E-state index contributed by atoms with van der Waals surface area (Å²) in [5.74, 6) is 0.566. The van der Waals surface area contributed by atoms with E-state index in [0.29, 0.717) is 18.8 Å². The number of amides is 1. The van der Waals surface area contributed by atoms with E-state index in [9.17, 15) is 9.59 Å². The summed E-state index contributed by atoms with van der Waals surface area (Å²) < 4.78 is 0. The highest BCUT2D eigenvalue weighted by atomic mass is 16.2. The van der Waals surface area contributed by atoms with Gasteiger partial charge in [0, 0.05) is 0 Å². The van der Waals surface area contributed by atoms with Gasteiger partial charge < -0.3 is 15.4 Å². The topological polar surface area (TPSA) is 58.2 Å². The molecule has 4 nitrogen and oxygen atoms in total. The van der Waals surface area contributed by atoms with E-state index in [2.05, 4.69) is 24.5 Å². The molecule has 4 heteroatoms. The molecule has 0 bridgehead atoms. The molecule has 0 heterocycles. The summed E-state index contributed by atoms with van der Waals surface area (Å²) in [5.41, 5.74) is 1.10. The van der Waals surface area contributed by atoms with Crippen LogP contribution in [0.25, 0.3) is 0 Å². The number of nitrogens with one attached hydrogen (secondary N) is 2. The predicted octanol–water partition coefficient (Wildman–Crippen LogP) is 2.72. The fourth-order valence-electron chi connectivity index (χ4n) is 2.55. The zero-order valence-corrected chi connectivity index (χ0v) is 14.5. The predicted molar refractivity (Wildman–Crippen MR) is 94.3 cm³/mol. The Balaban J connectivity index is 2.44. The Hall–Kier alpha value is -1.68. The molecule has 128 valence electrons. The van der Waals surface area contributed by atoms with E-state index in [1.807, 2.05) is 30.3 Å². The van der Waals surface area contributed by atoms with Crippen LogP contribution in [0.4, 0.5) is 0 Å². The maximum Gasteiger partial charge on any atom is 0.238 e. The van der Waals surface area contributed by atoms with Crippen LogP contribution in [0.1, 0.15) is 45.1 Å². The first-order valence-electron chi connectivity index (χ1n) is 8.53. The Bertz CT molecular complexity index is 460. The van der Waals surface area contributed by atoms with E-state index in [-0.39, 0.29) is 18.0 Å². The third-order valence-corrected chi connectivity index (χ3v) is 3.99. The van der Waals surface area contributed by atoms with Crippen molar-refractivity contribution in [3.63, 3.8) is 0 Å². The van der Waals surface area contributed by atoms with Gasteiger partial charge in [-0.25, -0.2) is 0 Å². The summed E-state index contributed by atoms with van der Waals surface area (Å²) in [6.07, 6.45) is 5.39. The zero-order valence-electron chi connectivity index (χ0n) is 14.5. The monoisotopic (exact) mass is 318 g/mol. The Labute approximate surface area is 140 Å². The number of rotatable bonds is 11. The largest absolute Gasteiger partial charge is 0.345 e. The molecule has 0 aliphatic rings. The molecule has 0 saturated heterocycles. The van der Waals surface area contributed by atoms with Crippen molar-refractivity contribution < 1.29 is 9.59 Å². The highest BCUT2D eigenvalue weighted by Gasteiger charge is 2.20. The van der Waals surface area contributed by atoms with Crippen LogP contribution >= 0.6 is 0 Å². The minimum absolute atomic E-state index is 0.114. The molecule has 0 aliphatic carbocycles. The number of hydrogen-bond acceptors (Lipinski definition) is 3. The molecule has 23 heavy (non-hydrogen) atoms. The molecule has 2 atom stereocenters. The summed E-state index contributed by atoms with van der Waals surface area (Å²) in [4.78, 5) is 23.6. The second-order valence-electron chi connectivity index (χ2n) is 6.46. The van der Waals surface area contributed by atoms with Gasteiger partial charge in [-0.15, -0.1) is 0 Å². The van der Waals surface area contributed by atoms with E-state index in [1.165, 1.54) is 0 Å². The fourth-order valence-corrected chi connectivity index (χ4v) is 2.55. The summed E-state index contributed by atoms with van der Waals surface area (Å²) in [7, 11) is 1.77. The maximum atomic E-state index is 12.4. The van der Waals surface area contributed by atoms with E-state index >= 15 is 0 Å². The molecule has 1 aromatic rings. The molecule has 1 rings (SSSR count). The first kappa shape index (κ1) is 19.4. The smallest absolute Gasteiger partial charge is 0.238 e. The van der Waals surface area contributed by atoms with E-state index < -0.39 is 0 Å². The fraction of sp³-hybridized carbons (Fsp3) is 0.579. The zero-order chi connectivity index (χ0) is 17.1. The van der Waals surface area contributed by atoms with Crippen molar-refractivity contribution in [3.05, 3.63) is 35.9 Å². The van der Waals surface area contributed by atoms with E-state index in [0.717, 1.165) is 31.1 Å². The normalized spacial score (nSPS) is 13.6. The highest BCUT2D eigenvalue weighted by molar-refractivity contribution is 5.84. The second kappa shape index (κ2) is 10.9. The van der Waals surface area contributed by atoms with Crippen molar-refractivity contribution in [2.75, 3.05) is 7.05 Å². The molecule has 0 spiro atoms. The van der Waals surface area contributed by atoms with Gasteiger partial charge in [-0.3, -0.25) is 4.79 Å². The van der Waals surface area contributed by atoms with Crippen LogP contribution in [0.5, 0.6) is 0 Å². The van der Waals surface area contributed by atoms with Crippen LogP contribution in [-0.4, -0.2) is 31.3 Å². The Morgan fingerprint density at radius 1 is 1.13 bits per heavy atom. The molecule has 0 aliphatic heterocycles. The number of hydrogen-bond donors (Lipinski definition) is 2. The van der Waals surface area contributed by atoms with Crippen LogP contribution < -0.4 is 10.6 Å². The van der Waals surface area contributed by atoms with Crippen molar-refractivity contribution in [1.29, 1.82) is 0 Å². The van der Waals surface area contributed by atoms with Gasteiger partial charge in [0.15, 0.2) is 0 Å². The van der Waals surface area contributed by atoms with Crippen LogP contribution in [0.3, 0.4) is 0 Å². The third kappa shape index (κ3) is 7.93. The number of carbonyl (C=O) groups excluding carboxylic acids is 2. The second-order valence-corrected chi connectivity index (χ2v) is 6.46. The minimum Gasteiger partial charge on any atom is -0.345 e. The molecule has 1 unspecified atom stereocenters. The number of aldehydes is 1. The van der Waals surface area contributed by atoms with Crippen LogP contribution in [0.2, 0.25) is 0 Å². The lowest BCUT2D eigenvalue weighted by atomic mass is 10.0. The quantitative estimate of drug-likeness (QED) is 0.487. The lowest BCUT2D eigenvalue weighted by Gasteiger charge is -2.19. The average Bonchev–Trinajstić information content (AvgIpc) is 2.55. The highest BCUT2D eigenvalue weighted by Crippen LogP contribution is 2.09. The Morgan fingerprint density at radius 2 is 1.78 bits per heavy atom. The average molecular weight is 318 g/mol. The van der Waals surface area contributed by atoms with E-state index in [1.54, 1.807) is 7.05 Å². The molecular weight excluding hydrogens is 288 g/mol. The van der Waals surface area contributed by atoms with Gasteiger partial charge >= 0.3 is 0 Å². The van der Waals surface area contributed by atoms with E-state index in [4.69, 9.17) is 0 Å². The molecule has 0 saturated carbocycles. The van der Waals surface area contributed by atoms with Crippen LogP contribution in [0, 0.1) is 5.92 Å². The molecule has 0 fully saturated rings. The molecule has 1 aromatic carbocycles. The Morgan fingerprint density at radius 3 is 2.35 bits per heavy atom. The summed E-state index contributed by atoms with van der Waals surface area (Å²) in [6.45, 7) is 4.39. The van der Waals surface area contributed by atoms with Gasteiger partial charge in [0.05, 0.1) is 12.1 Å². The SMILES string of the molecule is CN[C@H](Cc1ccccc1)C(=O)NC(C=O)CCCCC(C)C. The molecule has 0 aromatic heterocycles. The van der Waals surface area contributed by atoms with Gasteiger partial charge in [-0.05, 0) is 31.4 Å². The Kier molecular flexibility index (Phi) is 9.22. The van der Waals surface area contributed by atoms with Gasteiger partial charge in [0.2, 0.25) is 5.91 Å². The van der Waals surface area contributed by atoms with Crippen molar-refractivity contribution in [3.8, 4) is 0 Å². The first-order valence-corrected chi connectivity index (χ1v) is 8.53. The van der Waals surface area contributed by atoms with Crippen LogP contribution in [-0.2, 0) is 16.0 Å². The summed E-state index contributed by atoms with van der Waals surface area (Å²) >= 11 is 0. The standard InChI is InChI=1S/C19H30N2O2/c1-15(2)9-7-8-12-17(14-22)21-19(23)18(20-3)13-16-10-5-4-6-11-16/h4-6,10-11,14-15,17-18,20H,7-9,12-13H2,1-3H3,(H,21,23)/t17?,18-/m1/s1. The summed E-state index contributed by atoms with van der Waals surface area (Å²) in [5, 5.41) is 5.89. The first-order chi connectivity index (χ1) is 11.1. The van der Waals surface area contributed by atoms with Crippen molar-refractivity contribution in [2.45, 2.75) is 58.0 Å². The maximum absolute atomic E-state index is 12.4. The van der Waals surface area contributed by atoms with Gasteiger partial charge in [0.25, 0.3) is 0 Å². The number of carbonyl (C=O) groups is 2. The number of unbranched alkanes of at least 4 members (excludes halogenated alkanes) is 1. The lowest BCUT2D eigenvalue weighted by Crippen LogP contribution is -2.48. The molecule has 1 amide bonds. The summed E-state index contributed by atoms with van der Waals surface area (Å²) in [6, 6.07) is 9.17. The van der Waals surface area contributed by atoms with Crippen molar-refractivity contribution in [1.82, 2.24) is 10.6 Å². The van der Waals surface area contributed by atoms with Gasteiger partial charge in [0.1, 0.15) is 6.29 Å².